The van der Waals surface area contributed by atoms with Crippen LogP contribution in [0.3, 0.4) is 0 Å². The van der Waals surface area contributed by atoms with Crippen LogP contribution >= 0.6 is 0 Å². The van der Waals surface area contributed by atoms with Gasteiger partial charge in [-0.1, -0.05) is 42.5 Å². The summed E-state index contributed by atoms with van der Waals surface area (Å²) in [5.41, 5.74) is 4.59. The first-order valence-corrected chi connectivity index (χ1v) is 8.82. The molecule has 0 aliphatic rings. The molecule has 0 unspecified atom stereocenters. The highest BCUT2D eigenvalue weighted by molar-refractivity contribution is 6.05. The number of benzene rings is 2. The van der Waals surface area contributed by atoms with Crippen molar-refractivity contribution in [2.45, 2.75) is 13.8 Å². The molecule has 0 saturated carbocycles. The zero-order valence-electron chi connectivity index (χ0n) is 15.4. The maximum absolute atomic E-state index is 14.2. The highest BCUT2D eigenvalue weighted by Crippen LogP contribution is 2.31. The Labute approximate surface area is 161 Å². The van der Waals surface area contributed by atoms with E-state index in [2.05, 4.69) is 9.97 Å². The zero-order valence-corrected chi connectivity index (χ0v) is 15.4. The SMILES string of the molecule is Cc1ccc(-c2ccc(-c3nc4ccccc4c(C(=O)O)c3C)cc2)c(F)n1. The van der Waals surface area contributed by atoms with Gasteiger partial charge in [0.25, 0.3) is 0 Å². The number of carbonyl (C=O) groups is 1. The number of rotatable bonds is 3. The number of pyridine rings is 2. The Bertz CT molecular complexity index is 1220. The molecule has 4 aromatic rings. The molecule has 2 heterocycles. The van der Waals surface area contributed by atoms with Crippen molar-refractivity contribution in [3.05, 3.63) is 83.4 Å². The van der Waals surface area contributed by atoms with Crippen molar-refractivity contribution in [3.8, 4) is 22.4 Å². The van der Waals surface area contributed by atoms with Crippen LogP contribution in [0.25, 0.3) is 33.3 Å². The second-order valence-electron chi connectivity index (χ2n) is 6.65. The summed E-state index contributed by atoms with van der Waals surface area (Å²) >= 11 is 0. The molecule has 0 aliphatic heterocycles. The molecule has 2 aromatic heterocycles. The van der Waals surface area contributed by atoms with Gasteiger partial charge >= 0.3 is 5.97 Å². The van der Waals surface area contributed by atoms with Crippen LogP contribution in [0.2, 0.25) is 0 Å². The van der Waals surface area contributed by atoms with Crippen molar-refractivity contribution in [3.63, 3.8) is 0 Å². The van der Waals surface area contributed by atoms with Crippen LogP contribution in [-0.4, -0.2) is 21.0 Å². The van der Waals surface area contributed by atoms with E-state index in [0.717, 1.165) is 5.56 Å². The van der Waals surface area contributed by atoms with Gasteiger partial charge in [0.2, 0.25) is 5.95 Å². The van der Waals surface area contributed by atoms with Crippen molar-refractivity contribution in [2.75, 3.05) is 0 Å². The molecule has 4 rings (SSSR count). The van der Waals surface area contributed by atoms with Gasteiger partial charge in [0, 0.05) is 22.2 Å². The average Bonchev–Trinajstić information content (AvgIpc) is 2.67. The first-order valence-electron chi connectivity index (χ1n) is 8.82. The van der Waals surface area contributed by atoms with E-state index in [9.17, 15) is 14.3 Å². The highest BCUT2D eigenvalue weighted by Gasteiger charge is 2.18. The number of hydrogen-bond acceptors (Lipinski definition) is 3. The minimum Gasteiger partial charge on any atom is -0.478 e. The molecule has 0 amide bonds. The number of aryl methyl sites for hydroxylation is 1. The van der Waals surface area contributed by atoms with Crippen LogP contribution < -0.4 is 0 Å². The van der Waals surface area contributed by atoms with Gasteiger partial charge in [0.05, 0.1) is 16.8 Å². The Morgan fingerprint density at radius 1 is 0.893 bits per heavy atom. The highest BCUT2D eigenvalue weighted by atomic mass is 19.1. The third-order valence-corrected chi connectivity index (χ3v) is 4.81. The summed E-state index contributed by atoms with van der Waals surface area (Å²) < 4.78 is 14.2. The number of aromatic carboxylic acids is 1. The van der Waals surface area contributed by atoms with Gasteiger partial charge < -0.3 is 5.11 Å². The lowest BCUT2D eigenvalue weighted by Crippen LogP contribution is -2.04. The molecule has 0 radical (unpaired) electrons. The fourth-order valence-electron chi connectivity index (χ4n) is 3.41. The van der Waals surface area contributed by atoms with E-state index in [1.165, 1.54) is 0 Å². The molecule has 0 aliphatic carbocycles. The smallest absolute Gasteiger partial charge is 0.336 e. The van der Waals surface area contributed by atoms with Crippen LogP contribution in [0.5, 0.6) is 0 Å². The summed E-state index contributed by atoms with van der Waals surface area (Å²) in [4.78, 5) is 20.4. The van der Waals surface area contributed by atoms with E-state index in [4.69, 9.17) is 0 Å². The second-order valence-corrected chi connectivity index (χ2v) is 6.65. The fraction of sp³-hybridized carbons (Fsp3) is 0.0870. The summed E-state index contributed by atoms with van der Waals surface area (Å²) in [5, 5.41) is 10.3. The quantitative estimate of drug-likeness (QED) is 0.488. The van der Waals surface area contributed by atoms with Crippen molar-refractivity contribution in [2.24, 2.45) is 0 Å². The van der Waals surface area contributed by atoms with Gasteiger partial charge in [-0.2, -0.15) is 4.39 Å². The lowest BCUT2D eigenvalue weighted by Gasteiger charge is -2.12. The molecule has 0 bridgehead atoms. The number of nitrogens with zero attached hydrogens (tertiary/aromatic N) is 2. The lowest BCUT2D eigenvalue weighted by molar-refractivity contribution is 0.0698. The topological polar surface area (TPSA) is 63.1 Å². The number of aromatic nitrogens is 2. The fourth-order valence-corrected chi connectivity index (χ4v) is 3.41. The number of carboxylic acids is 1. The molecule has 4 nitrogen and oxygen atoms in total. The van der Waals surface area contributed by atoms with Gasteiger partial charge in [-0.3, -0.25) is 0 Å². The summed E-state index contributed by atoms with van der Waals surface area (Å²) in [6, 6.07) is 17.9. The van der Waals surface area contributed by atoms with Crippen molar-refractivity contribution in [1.29, 1.82) is 0 Å². The molecule has 28 heavy (non-hydrogen) atoms. The summed E-state index contributed by atoms with van der Waals surface area (Å²) in [6.07, 6.45) is 0. The first-order chi connectivity index (χ1) is 13.5. The van der Waals surface area contributed by atoms with E-state index in [1.807, 2.05) is 18.2 Å². The lowest BCUT2D eigenvalue weighted by atomic mass is 9.96. The molecule has 0 fully saturated rings. The molecule has 0 atom stereocenters. The summed E-state index contributed by atoms with van der Waals surface area (Å²) in [7, 11) is 0. The van der Waals surface area contributed by atoms with Crippen LogP contribution in [0.15, 0.2) is 60.7 Å². The van der Waals surface area contributed by atoms with Crippen molar-refractivity contribution < 1.29 is 14.3 Å². The first kappa shape index (κ1) is 17.8. The number of hydrogen-bond donors (Lipinski definition) is 1. The summed E-state index contributed by atoms with van der Waals surface area (Å²) in [5.74, 6) is -1.50. The Kier molecular flexibility index (Phi) is 4.35. The minimum atomic E-state index is -0.984. The van der Waals surface area contributed by atoms with Crippen molar-refractivity contribution >= 4 is 16.9 Å². The molecule has 1 N–H and O–H groups in total. The third-order valence-electron chi connectivity index (χ3n) is 4.81. The maximum atomic E-state index is 14.2. The van der Waals surface area contributed by atoms with Crippen LogP contribution in [0.4, 0.5) is 4.39 Å². The monoisotopic (exact) mass is 372 g/mol. The van der Waals surface area contributed by atoms with E-state index >= 15 is 0 Å². The van der Waals surface area contributed by atoms with E-state index in [-0.39, 0.29) is 5.56 Å². The molecule has 138 valence electrons. The Morgan fingerprint density at radius 2 is 1.57 bits per heavy atom. The number of halogens is 1. The number of para-hydroxylation sites is 1. The van der Waals surface area contributed by atoms with Gasteiger partial charge in [-0.05, 0) is 43.2 Å². The maximum Gasteiger partial charge on any atom is 0.336 e. The predicted octanol–water partition coefficient (Wildman–Crippen LogP) is 5.42. The Hall–Kier alpha value is -3.60. The number of carboxylic acid groups (broad SMARTS) is 1. The van der Waals surface area contributed by atoms with Gasteiger partial charge in [0.1, 0.15) is 0 Å². The predicted molar refractivity (Wildman–Crippen MR) is 107 cm³/mol. The molecule has 2 aromatic carbocycles. The van der Waals surface area contributed by atoms with E-state index in [0.29, 0.717) is 39.0 Å². The van der Waals surface area contributed by atoms with E-state index in [1.54, 1.807) is 56.3 Å². The van der Waals surface area contributed by atoms with Crippen LogP contribution in [0.1, 0.15) is 21.6 Å². The standard InChI is InChI=1S/C23H17FN2O2/c1-13-7-12-17(22(24)25-13)15-8-10-16(11-9-15)21-14(2)20(23(27)28)18-5-3-4-6-19(18)26-21/h3-12H,1-2H3,(H,27,28). The van der Waals surface area contributed by atoms with Gasteiger partial charge in [-0.15, -0.1) is 0 Å². The molecule has 0 saturated heterocycles. The molecule has 5 heteroatoms. The zero-order chi connectivity index (χ0) is 19.8. The Morgan fingerprint density at radius 3 is 2.25 bits per heavy atom. The largest absolute Gasteiger partial charge is 0.478 e. The minimum absolute atomic E-state index is 0.249. The van der Waals surface area contributed by atoms with E-state index < -0.39 is 11.9 Å². The van der Waals surface area contributed by atoms with Crippen LogP contribution in [-0.2, 0) is 0 Å². The van der Waals surface area contributed by atoms with Crippen LogP contribution in [0, 0.1) is 19.8 Å². The summed E-state index contributed by atoms with van der Waals surface area (Å²) in [6.45, 7) is 3.50. The molecular weight excluding hydrogens is 355 g/mol. The third kappa shape index (κ3) is 3.01. The molecular formula is C23H17FN2O2. The normalized spacial score (nSPS) is 11.0. The van der Waals surface area contributed by atoms with Crippen molar-refractivity contribution in [1.82, 2.24) is 9.97 Å². The second kappa shape index (κ2) is 6.85. The number of fused-ring (bicyclic) bond motifs is 1. The average molecular weight is 372 g/mol. The Balaban J connectivity index is 1.85. The molecule has 0 spiro atoms. The van der Waals surface area contributed by atoms with Gasteiger partial charge in [0.15, 0.2) is 0 Å². The van der Waals surface area contributed by atoms with Gasteiger partial charge in [-0.25, -0.2) is 14.8 Å².